The van der Waals surface area contributed by atoms with Gasteiger partial charge in [0.1, 0.15) is 0 Å². The second-order valence-corrected chi connectivity index (χ2v) is 9.00. The molecular formula is C17H23Br2NO4. The van der Waals surface area contributed by atoms with Gasteiger partial charge in [-0.3, -0.25) is 0 Å². The lowest BCUT2D eigenvalue weighted by Crippen LogP contribution is -2.36. The topological polar surface area (TPSA) is 77.8 Å². The van der Waals surface area contributed by atoms with E-state index in [1.54, 1.807) is 6.07 Å². The number of anilines is 1. The molecule has 0 unspecified atom stereocenters. The predicted octanol–water partition coefficient (Wildman–Crippen LogP) is 6.10. The first-order chi connectivity index (χ1) is 10.7. The van der Waals surface area contributed by atoms with Crippen LogP contribution in [0.5, 0.6) is 0 Å². The van der Waals surface area contributed by atoms with Crippen LogP contribution in [0.2, 0.25) is 0 Å². The molecule has 1 aromatic rings. The number of hydrogen-bond acceptors (Lipinski definition) is 2. The quantitative estimate of drug-likeness (QED) is 0.518. The monoisotopic (exact) mass is 463 g/mol. The average molecular weight is 465 g/mol. The number of rotatable bonds is 2. The Morgan fingerprint density at radius 1 is 1.04 bits per heavy atom. The van der Waals surface area contributed by atoms with E-state index in [2.05, 4.69) is 31.9 Å². The Kier molecular flexibility index (Phi) is 6.15. The SMILES string of the molecule is CC(C)(C)c1cc(N(C(=O)O)C(=O)O)c(Br)c(C(C)(C)C)c1CBr. The van der Waals surface area contributed by atoms with Crippen molar-refractivity contribution in [2.24, 2.45) is 0 Å². The summed E-state index contributed by atoms with van der Waals surface area (Å²) in [6.45, 7) is 12.1. The fraction of sp³-hybridized carbons (Fsp3) is 0.529. The normalized spacial score (nSPS) is 12.2. The maximum absolute atomic E-state index is 11.5. The zero-order valence-corrected chi connectivity index (χ0v) is 17.9. The van der Waals surface area contributed by atoms with Crippen LogP contribution in [-0.2, 0) is 16.2 Å². The predicted molar refractivity (Wildman–Crippen MR) is 103 cm³/mol. The Hall–Kier alpha value is -1.08. The average Bonchev–Trinajstić information content (AvgIpc) is 2.36. The van der Waals surface area contributed by atoms with Gasteiger partial charge in [0.05, 0.1) is 5.69 Å². The van der Waals surface area contributed by atoms with E-state index in [9.17, 15) is 19.8 Å². The molecule has 0 saturated heterocycles. The zero-order valence-electron chi connectivity index (χ0n) is 14.7. The van der Waals surface area contributed by atoms with Gasteiger partial charge < -0.3 is 10.2 Å². The van der Waals surface area contributed by atoms with Crippen molar-refractivity contribution in [3.8, 4) is 0 Å². The summed E-state index contributed by atoms with van der Waals surface area (Å²) in [7, 11) is 0. The molecule has 0 aliphatic rings. The standard InChI is InChI=1S/C17H23Br2NO4/c1-16(2,3)10-7-11(20(14(21)22)15(23)24)13(19)12(9(10)8-18)17(4,5)6/h7H,8H2,1-6H3,(H,21,22)(H,23,24). The molecule has 0 saturated carbocycles. The zero-order chi connectivity index (χ0) is 19.0. The van der Waals surface area contributed by atoms with Crippen molar-refractivity contribution in [2.45, 2.75) is 57.7 Å². The van der Waals surface area contributed by atoms with Crippen molar-refractivity contribution in [2.75, 3.05) is 4.90 Å². The number of carbonyl (C=O) groups is 2. The van der Waals surface area contributed by atoms with Gasteiger partial charge >= 0.3 is 12.2 Å². The molecule has 2 amide bonds. The maximum Gasteiger partial charge on any atom is 0.421 e. The lowest BCUT2D eigenvalue weighted by Gasteiger charge is -2.33. The third-order valence-electron chi connectivity index (χ3n) is 3.67. The number of hydrogen-bond donors (Lipinski definition) is 2. The molecular weight excluding hydrogens is 442 g/mol. The number of alkyl halides is 1. The minimum Gasteiger partial charge on any atom is -0.464 e. The Bertz CT molecular complexity index is 659. The van der Waals surface area contributed by atoms with Crippen LogP contribution in [0.25, 0.3) is 0 Å². The molecule has 1 rings (SSSR count). The highest BCUT2D eigenvalue weighted by molar-refractivity contribution is 9.10. The van der Waals surface area contributed by atoms with Crippen molar-refractivity contribution < 1.29 is 19.8 Å². The first kappa shape index (κ1) is 21.0. The Morgan fingerprint density at radius 2 is 1.50 bits per heavy atom. The van der Waals surface area contributed by atoms with Crippen LogP contribution in [0.1, 0.15) is 58.2 Å². The lowest BCUT2D eigenvalue weighted by molar-refractivity contribution is 0.184. The molecule has 0 aliphatic carbocycles. The largest absolute Gasteiger partial charge is 0.464 e. The highest BCUT2D eigenvalue weighted by atomic mass is 79.9. The molecule has 0 bridgehead atoms. The molecule has 0 aliphatic heterocycles. The summed E-state index contributed by atoms with van der Waals surface area (Å²) in [4.78, 5) is 23.3. The first-order valence-electron chi connectivity index (χ1n) is 7.41. The Labute approximate surface area is 159 Å². The van der Waals surface area contributed by atoms with Gasteiger partial charge in [0.2, 0.25) is 0 Å². The van der Waals surface area contributed by atoms with Crippen LogP contribution in [0.15, 0.2) is 10.5 Å². The van der Waals surface area contributed by atoms with Gasteiger partial charge in [-0.2, -0.15) is 4.90 Å². The minimum absolute atomic E-state index is 0.120. The van der Waals surface area contributed by atoms with Crippen molar-refractivity contribution in [1.29, 1.82) is 0 Å². The number of nitrogens with zero attached hydrogens (tertiary/aromatic N) is 1. The lowest BCUT2D eigenvalue weighted by atomic mass is 9.76. The number of halogens is 2. The van der Waals surface area contributed by atoms with E-state index in [0.717, 1.165) is 16.7 Å². The van der Waals surface area contributed by atoms with E-state index in [4.69, 9.17) is 0 Å². The summed E-state index contributed by atoms with van der Waals surface area (Å²) in [5.74, 6) is 0. The van der Waals surface area contributed by atoms with Gasteiger partial charge in [-0.25, -0.2) is 9.59 Å². The van der Waals surface area contributed by atoms with Crippen LogP contribution in [0.4, 0.5) is 15.3 Å². The highest BCUT2D eigenvalue weighted by Crippen LogP contribution is 2.44. The summed E-state index contributed by atoms with van der Waals surface area (Å²) in [6.07, 6.45) is -3.07. The van der Waals surface area contributed by atoms with Crippen molar-refractivity contribution >= 4 is 49.7 Å². The van der Waals surface area contributed by atoms with Gasteiger partial charge in [0, 0.05) is 9.80 Å². The molecule has 24 heavy (non-hydrogen) atoms. The van der Waals surface area contributed by atoms with Gasteiger partial charge in [-0.1, -0.05) is 57.5 Å². The molecule has 0 heterocycles. The van der Waals surface area contributed by atoms with E-state index in [1.165, 1.54) is 0 Å². The van der Waals surface area contributed by atoms with Crippen molar-refractivity contribution in [3.63, 3.8) is 0 Å². The Balaban J connectivity index is 4.00. The number of imide groups is 1. The molecule has 134 valence electrons. The second kappa shape index (κ2) is 7.04. The van der Waals surface area contributed by atoms with Crippen LogP contribution < -0.4 is 4.90 Å². The fourth-order valence-corrected chi connectivity index (χ4v) is 4.43. The third kappa shape index (κ3) is 4.11. The van der Waals surface area contributed by atoms with Gasteiger partial charge in [-0.15, -0.1) is 0 Å². The summed E-state index contributed by atoms with van der Waals surface area (Å²) < 4.78 is 0.488. The Morgan fingerprint density at radius 3 is 1.79 bits per heavy atom. The van der Waals surface area contributed by atoms with Crippen LogP contribution in [0.3, 0.4) is 0 Å². The van der Waals surface area contributed by atoms with E-state index in [0.29, 0.717) is 14.7 Å². The fourth-order valence-electron chi connectivity index (χ4n) is 2.72. The highest BCUT2D eigenvalue weighted by Gasteiger charge is 2.33. The van der Waals surface area contributed by atoms with Crippen molar-refractivity contribution in [3.05, 3.63) is 27.2 Å². The van der Waals surface area contributed by atoms with Gasteiger partial charge in [-0.05, 0) is 49.5 Å². The molecule has 0 atom stereocenters. The molecule has 0 radical (unpaired) electrons. The number of amides is 2. The summed E-state index contributed by atoms with van der Waals surface area (Å²) in [5, 5.41) is 19.3. The van der Waals surface area contributed by atoms with E-state index in [1.807, 2.05) is 41.5 Å². The van der Waals surface area contributed by atoms with E-state index in [-0.39, 0.29) is 16.5 Å². The molecule has 1 aromatic carbocycles. The molecule has 7 heteroatoms. The van der Waals surface area contributed by atoms with E-state index >= 15 is 0 Å². The van der Waals surface area contributed by atoms with Crippen LogP contribution in [0, 0.1) is 0 Å². The van der Waals surface area contributed by atoms with Gasteiger partial charge in [0.15, 0.2) is 0 Å². The first-order valence-corrected chi connectivity index (χ1v) is 9.33. The summed E-state index contributed by atoms with van der Waals surface area (Å²) in [5.41, 5.74) is 2.39. The smallest absolute Gasteiger partial charge is 0.421 e. The third-order valence-corrected chi connectivity index (χ3v) is 5.03. The second-order valence-electron chi connectivity index (χ2n) is 7.64. The molecule has 0 aromatic heterocycles. The van der Waals surface area contributed by atoms with Gasteiger partial charge in [0.25, 0.3) is 0 Å². The summed E-state index contributed by atoms with van der Waals surface area (Å²) >= 11 is 6.99. The molecule has 0 fully saturated rings. The van der Waals surface area contributed by atoms with Crippen LogP contribution >= 0.6 is 31.9 Å². The van der Waals surface area contributed by atoms with E-state index < -0.39 is 12.2 Å². The number of carboxylic acid groups (broad SMARTS) is 2. The summed E-state index contributed by atoms with van der Waals surface area (Å²) in [6, 6.07) is 1.65. The van der Waals surface area contributed by atoms with Crippen molar-refractivity contribution in [1.82, 2.24) is 0 Å². The maximum atomic E-state index is 11.5. The molecule has 2 N–H and O–H groups in total. The number of benzene rings is 1. The molecule has 5 nitrogen and oxygen atoms in total. The van der Waals surface area contributed by atoms with Crippen LogP contribution in [-0.4, -0.2) is 22.4 Å². The molecule has 0 spiro atoms. The minimum atomic E-state index is -1.53.